The van der Waals surface area contributed by atoms with Gasteiger partial charge in [0.25, 0.3) is 11.5 Å². The second-order valence-electron chi connectivity index (χ2n) is 5.16. The summed E-state index contributed by atoms with van der Waals surface area (Å²) in [4.78, 5) is 33.1. The van der Waals surface area contributed by atoms with Crippen LogP contribution >= 0.6 is 11.3 Å². The fourth-order valence-electron chi connectivity index (χ4n) is 2.32. The smallest absolute Gasteiger partial charge is 0.261 e. The zero-order chi connectivity index (χ0) is 16.2. The fourth-order valence-corrected chi connectivity index (χ4v) is 3.19. The number of nitrogens with zero attached hydrogens (tertiary/aromatic N) is 1. The number of H-pyrrole nitrogens is 1. The van der Waals surface area contributed by atoms with Crippen molar-refractivity contribution in [2.75, 3.05) is 6.54 Å². The second kappa shape index (κ2) is 6.75. The van der Waals surface area contributed by atoms with E-state index in [-0.39, 0.29) is 11.5 Å². The van der Waals surface area contributed by atoms with Crippen molar-refractivity contribution in [2.45, 2.75) is 19.8 Å². The molecule has 0 fully saturated rings. The van der Waals surface area contributed by atoms with Gasteiger partial charge in [-0.1, -0.05) is 19.1 Å². The molecule has 0 bridgehead atoms. The Morgan fingerprint density at radius 3 is 2.87 bits per heavy atom. The third kappa shape index (κ3) is 3.48. The first kappa shape index (κ1) is 15.4. The number of carbonyl (C=O) groups excluding carboxylic acids is 1. The highest BCUT2D eigenvalue weighted by molar-refractivity contribution is 7.14. The Morgan fingerprint density at radius 2 is 2.09 bits per heavy atom. The number of hydrogen-bond donors (Lipinski definition) is 2. The molecule has 118 valence electrons. The van der Waals surface area contributed by atoms with Gasteiger partial charge in [0.1, 0.15) is 5.82 Å². The predicted octanol–water partition coefficient (Wildman–Crippen LogP) is 2.52. The van der Waals surface area contributed by atoms with Crippen LogP contribution in [0, 0.1) is 0 Å². The van der Waals surface area contributed by atoms with Gasteiger partial charge in [-0.3, -0.25) is 9.59 Å². The van der Waals surface area contributed by atoms with Crippen molar-refractivity contribution in [1.82, 2.24) is 15.3 Å². The molecule has 0 unspecified atom stereocenters. The topological polar surface area (TPSA) is 74.8 Å². The highest BCUT2D eigenvalue weighted by atomic mass is 32.1. The molecule has 0 spiro atoms. The maximum atomic E-state index is 12.1. The largest absolute Gasteiger partial charge is 0.351 e. The van der Waals surface area contributed by atoms with Crippen molar-refractivity contribution >= 4 is 28.1 Å². The Labute approximate surface area is 137 Å². The highest BCUT2D eigenvalue weighted by Gasteiger charge is 2.09. The summed E-state index contributed by atoms with van der Waals surface area (Å²) in [6.45, 7) is 2.49. The molecule has 3 rings (SSSR count). The quantitative estimate of drug-likeness (QED) is 0.756. The number of benzene rings is 1. The van der Waals surface area contributed by atoms with Crippen LogP contribution in [-0.2, 0) is 12.8 Å². The minimum Gasteiger partial charge on any atom is -0.351 e. The van der Waals surface area contributed by atoms with Crippen LogP contribution in [0.2, 0.25) is 0 Å². The van der Waals surface area contributed by atoms with Gasteiger partial charge in [-0.05, 0) is 30.7 Å². The van der Waals surface area contributed by atoms with E-state index in [9.17, 15) is 9.59 Å². The first-order valence-electron chi connectivity index (χ1n) is 7.52. The predicted molar refractivity (Wildman–Crippen MR) is 92.1 cm³/mol. The van der Waals surface area contributed by atoms with Crippen molar-refractivity contribution in [2.24, 2.45) is 0 Å². The molecule has 0 aliphatic rings. The van der Waals surface area contributed by atoms with Gasteiger partial charge in [-0.2, -0.15) is 0 Å². The van der Waals surface area contributed by atoms with Crippen LogP contribution in [0.15, 0.2) is 41.2 Å². The molecular weight excluding hydrogens is 310 g/mol. The van der Waals surface area contributed by atoms with E-state index in [0.717, 1.165) is 6.42 Å². The average Bonchev–Trinajstić information content (AvgIpc) is 3.04. The minimum absolute atomic E-state index is 0.0853. The monoisotopic (exact) mass is 327 g/mol. The van der Waals surface area contributed by atoms with E-state index in [0.29, 0.717) is 34.6 Å². The average molecular weight is 327 g/mol. The number of carbonyl (C=O) groups is 1. The van der Waals surface area contributed by atoms with Crippen LogP contribution in [0.4, 0.5) is 0 Å². The van der Waals surface area contributed by atoms with E-state index in [1.807, 2.05) is 30.3 Å². The molecule has 0 atom stereocenters. The lowest BCUT2D eigenvalue weighted by molar-refractivity contribution is 0.0958. The number of rotatable bonds is 5. The number of thiophene rings is 1. The van der Waals surface area contributed by atoms with Gasteiger partial charge in [0.2, 0.25) is 0 Å². The number of amides is 1. The molecule has 0 aliphatic heterocycles. The van der Waals surface area contributed by atoms with Gasteiger partial charge in [-0.25, -0.2) is 4.98 Å². The van der Waals surface area contributed by atoms with Gasteiger partial charge in [0.15, 0.2) is 0 Å². The van der Waals surface area contributed by atoms with E-state index in [1.54, 1.807) is 6.07 Å². The lowest BCUT2D eigenvalue weighted by Crippen LogP contribution is -2.26. The Hall–Kier alpha value is -2.47. The second-order valence-corrected chi connectivity index (χ2v) is 6.32. The molecule has 0 aliphatic carbocycles. The Morgan fingerprint density at radius 1 is 1.26 bits per heavy atom. The Kier molecular flexibility index (Phi) is 4.52. The SMILES string of the molecule is CCc1ccc(C(=O)NCCc2nc3ccccc3c(=O)[nH]2)s1. The van der Waals surface area contributed by atoms with E-state index in [2.05, 4.69) is 22.2 Å². The van der Waals surface area contributed by atoms with Gasteiger partial charge >= 0.3 is 0 Å². The van der Waals surface area contributed by atoms with Crippen molar-refractivity contribution < 1.29 is 4.79 Å². The van der Waals surface area contributed by atoms with Crippen LogP contribution < -0.4 is 10.9 Å². The zero-order valence-electron chi connectivity index (χ0n) is 12.8. The Balaban J connectivity index is 1.64. The van der Waals surface area contributed by atoms with Crippen molar-refractivity contribution in [1.29, 1.82) is 0 Å². The first-order valence-corrected chi connectivity index (χ1v) is 8.34. The third-order valence-electron chi connectivity index (χ3n) is 3.54. The molecule has 2 N–H and O–H groups in total. The molecule has 5 nitrogen and oxygen atoms in total. The fraction of sp³-hybridized carbons (Fsp3) is 0.235. The molecule has 1 aromatic carbocycles. The van der Waals surface area contributed by atoms with E-state index in [4.69, 9.17) is 0 Å². The van der Waals surface area contributed by atoms with Crippen LogP contribution in [0.25, 0.3) is 10.9 Å². The Bertz CT molecular complexity index is 898. The highest BCUT2D eigenvalue weighted by Crippen LogP contribution is 2.16. The number of fused-ring (bicyclic) bond motifs is 1. The molecule has 2 aromatic heterocycles. The van der Waals surface area contributed by atoms with Crippen LogP contribution in [0.3, 0.4) is 0 Å². The van der Waals surface area contributed by atoms with Crippen LogP contribution in [0.5, 0.6) is 0 Å². The normalized spacial score (nSPS) is 10.8. The van der Waals surface area contributed by atoms with E-state index < -0.39 is 0 Å². The summed E-state index contributed by atoms with van der Waals surface area (Å²) in [7, 11) is 0. The maximum absolute atomic E-state index is 12.1. The first-order chi connectivity index (χ1) is 11.2. The lowest BCUT2D eigenvalue weighted by atomic mass is 10.2. The molecule has 1 amide bonds. The third-order valence-corrected chi connectivity index (χ3v) is 4.77. The number of aryl methyl sites for hydroxylation is 1. The van der Waals surface area contributed by atoms with Gasteiger partial charge in [-0.15, -0.1) is 11.3 Å². The number of nitrogens with one attached hydrogen (secondary N) is 2. The molecular formula is C17H17N3O2S. The standard InChI is InChI=1S/C17H17N3O2S/c1-2-11-7-8-14(23-11)17(22)18-10-9-15-19-13-6-4-3-5-12(13)16(21)20-15/h3-8H,2,9-10H2,1H3,(H,18,22)(H,19,20,21). The zero-order valence-corrected chi connectivity index (χ0v) is 13.6. The summed E-state index contributed by atoms with van der Waals surface area (Å²) in [5, 5.41) is 3.44. The van der Waals surface area contributed by atoms with Gasteiger partial charge in [0.05, 0.1) is 15.8 Å². The van der Waals surface area contributed by atoms with Crippen molar-refractivity contribution in [3.05, 3.63) is 62.3 Å². The molecule has 0 radical (unpaired) electrons. The minimum atomic E-state index is -0.150. The molecule has 2 heterocycles. The van der Waals surface area contributed by atoms with E-state index >= 15 is 0 Å². The van der Waals surface area contributed by atoms with Gasteiger partial charge < -0.3 is 10.3 Å². The number of hydrogen-bond acceptors (Lipinski definition) is 4. The summed E-state index contributed by atoms with van der Waals surface area (Å²) < 4.78 is 0. The van der Waals surface area contributed by atoms with Crippen molar-refractivity contribution in [3.63, 3.8) is 0 Å². The van der Waals surface area contributed by atoms with Crippen molar-refractivity contribution in [3.8, 4) is 0 Å². The van der Waals surface area contributed by atoms with Crippen LogP contribution in [0.1, 0.15) is 27.3 Å². The summed E-state index contributed by atoms with van der Waals surface area (Å²) in [6.07, 6.45) is 1.41. The summed E-state index contributed by atoms with van der Waals surface area (Å²) >= 11 is 1.51. The summed E-state index contributed by atoms with van der Waals surface area (Å²) in [5.41, 5.74) is 0.520. The van der Waals surface area contributed by atoms with E-state index in [1.165, 1.54) is 16.2 Å². The van der Waals surface area contributed by atoms with Crippen LogP contribution in [-0.4, -0.2) is 22.4 Å². The summed E-state index contributed by atoms with van der Waals surface area (Å²) in [5.74, 6) is 0.493. The number of para-hydroxylation sites is 1. The molecule has 3 aromatic rings. The van der Waals surface area contributed by atoms with Gasteiger partial charge in [0, 0.05) is 17.8 Å². The lowest BCUT2D eigenvalue weighted by Gasteiger charge is -2.04. The molecule has 0 saturated carbocycles. The number of aromatic amines is 1. The number of aromatic nitrogens is 2. The molecule has 6 heteroatoms. The molecule has 23 heavy (non-hydrogen) atoms. The summed E-state index contributed by atoms with van der Waals surface area (Å²) in [6, 6.07) is 11.0. The molecule has 0 saturated heterocycles. The maximum Gasteiger partial charge on any atom is 0.261 e.